The van der Waals surface area contributed by atoms with Crippen LogP contribution in [0.15, 0.2) is 12.1 Å². The molecule has 1 aliphatic heterocycles. The van der Waals surface area contributed by atoms with Gasteiger partial charge >= 0.3 is 0 Å². The van der Waals surface area contributed by atoms with Crippen molar-refractivity contribution in [1.29, 1.82) is 0 Å². The molecule has 6 heteroatoms. The van der Waals surface area contributed by atoms with Crippen molar-refractivity contribution in [3.63, 3.8) is 0 Å². The summed E-state index contributed by atoms with van der Waals surface area (Å²) < 4.78 is 19.6. The number of benzene rings is 1. The lowest BCUT2D eigenvalue weighted by Gasteiger charge is -2.34. The fourth-order valence-electron chi connectivity index (χ4n) is 3.21. The van der Waals surface area contributed by atoms with Gasteiger partial charge in [-0.05, 0) is 49.8 Å². The van der Waals surface area contributed by atoms with Crippen molar-refractivity contribution in [3.05, 3.63) is 29.1 Å². The lowest BCUT2D eigenvalue weighted by Crippen LogP contribution is -2.34. The molecule has 1 heterocycles. The number of carbonyl (C=O) groups is 2. The second-order valence-corrected chi connectivity index (χ2v) is 6.16. The van der Waals surface area contributed by atoms with Crippen molar-refractivity contribution in [2.75, 3.05) is 18.5 Å². The molecule has 1 aromatic rings. The van der Waals surface area contributed by atoms with Gasteiger partial charge in [-0.25, -0.2) is 4.39 Å². The maximum atomic E-state index is 14.1. The number of nitrogens with one attached hydrogen (secondary N) is 2. The van der Waals surface area contributed by atoms with E-state index in [0.717, 1.165) is 12.8 Å². The average Bonchev–Trinajstić information content (AvgIpc) is 2.47. The van der Waals surface area contributed by atoms with E-state index >= 15 is 0 Å². The van der Waals surface area contributed by atoms with Gasteiger partial charge in [0.1, 0.15) is 5.82 Å². The Bertz CT molecular complexity index is 627. The Morgan fingerprint density at radius 2 is 2.22 bits per heavy atom. The standard InChI is InChI=1S/C17H21FN2O3/c1-2-23-12-5-10(6-12)7-16(21)20-15-9-13-11(8-14(15)18)3-4-19-17(13)22/h8-10,12H,2-7H2,1H3,(H,19,22)(H,20,21). The third-order valence-electron chi connectivity index (χ3n) is 4.46. The molecule has 2 amide bonds. The number of ether oxygens (including phenoxy) is 1. The van der Waals surface area contributed by atoms with Crippen molar-refractivity contribution in [3.8, 4) is 0 Å². The number of halogens is 1. The topological polar surface area (TPSA) is 67.4 Å². The van der Waals surface area contributed by atoms with Crippen LogP contribution in [0.1, 0.15) is 42.1 Å². The molecule has 1 aliphatic carbocycles. The van der Waals surface area contributed by atoms with Crippen molar-refractivity contribution < 1.29 is 18.7 Å². The molecule has 1 aromatic carbocycles. The molecule has 5 nitrogen and oxygen atoms in total. The first kappa shape index (κ1) is 15.9. The fraction of sp³-hybridized carbons (Fsp3) is 0.529. The smallest absolute Gasteiger partial charge is 0.251 e. The number of fused-ring (bicyclic) bond motifs is 1. The van der Waals surface area contributed by atoms with E-state index in [1.807, 2.05) is 6.92 Å². The highest BCUT2D eigenvalue weighted by Gasteiger charge is 2.31. The summed E-state index contributed by atoms with van der Waals surface area (Å²) in [5.41, 5.74) is 1.20. The van der Waals surface area contributed by atoms with Crippen LogP contribution in [-0.4, -0.2) is 31.1 Å². The Morgan fingerprint density at radius 1 is 1.43 bits per heavy atom. The zero-order chi connectivity index (χ0) is 16.4. The lowest BCUT2D eigenvalue weighted by atomic mass is 9.80. The van der Waals surface area contributed by atoms with Crippen molar-refractivity contribution in [2.24, 2.45) is 5.92 Å². The van der Waals surface area contributed by atoms with E-state index in [-0.39, 0.29) is 29.5 Å². The summed E-state index contributed by atoms with van der Waals surface area (Å²) in [6, 6.07) is 2.78. The molecule has 0 unspecified atom stereocenters. The summed E-state index contributed by atoms with van der Waals surface area (Å²) in [6.45, 7) is 3.15. The Morgan fingerprint density at radius 3 is 2.96 bits per heavy atom. The van der Waals surface area contributed by atoms with Gasteiger partial charge in [-0.15, -0.1) is 0 Å². The summed E-state index contributed by atoms with van der Waals surface area (Å²) in [5, 5.41) is 5.31. The van der Waals surface area contributed by atoms with Crippen LogP contribution in [-0.2, 0) is 16.0 Å². The van der Waals surface area contributed by atoms with E-state index in [1.165, 1.54) is 12.1 Å². The summed E-state index contributed by atoms with van der Waals surface area (Å²) >= 11 is 0. The van der Waals surface area contributed by atoms with Crippen LogP contribution in [0.5, 0.6) is 0 Å². The molecule has 0 atom stereocenters. The summed E-state index contributed by atoms with van der Waals surface area (Å²) in [7, 11) is 0. The first-order chi connectivity index (χ1) is 11.1. The SMILES string of the molecule is CCOC1CC(CC(=O)Nc2cc3c(cc2F)CCNC3=O)C1. The van der Waals surface area contributed by atoms with Crippen molar-refractivity contribution in [2.45, 2.75) is 38.7 Å². The molecule has 0 aromatic heterocycles. The first-order valence-electron chi connectivity index (χ1n) is 8.09. The Hall–Kier alpha value is -1.95. The summed E-state index contributed by atoms with van der Waals surface area (Å²) in [5.74, 6) is -0.650. The predicted molar refractivity (Wildman–Crippen MR) is 83.8 cm³/mol. The third-order valence-corrected chi connectivity index (χ3v) is 4.46. The molecule has 0 radical (unpaired) electrons. The Labute approximate surface area is 134 Å². The van der Waals surface area contributed by atoms with Gasteiger partial charge in [-0.2, -0.15) is 0 Å². The number of anilines is 1. The molecule has 1 fully saturated rings. The van der Waals surface area contributed by atoms with Gasteiger partial charge in [0, 0.05) is 25.1 Å². The predicted octanol–water partition coefficient (Wildman–Crippen LogP) is 2.26. The fourth-order valence-corrected chi connectivity index (χ4v) is 3.21. The van der Waals surface area contributed by atoms with E-state index in [1.54, 1.807) is 0 Å². The number of carbonyl (C=O) groups excluding carboxylic acids is 2. The van der Waals surface area contributed by atoms with Gasteiger partial charge in [0.05, 0.1) is 11.8 Å². The molecular weight excluding hydrogens is 299 g/mol. The summed E-state index contributed by atoms with van der Waals surface area (Å²) in [4.78, 5) is 23.9. The molecule has 2 aliphatic rings. The normalized spacial score (nSPS) is 22.8. The van der Waals surface area contributed by atoms with Crippen LogP contribution in [0, 0.1) is 11.7 Å². The van der Waals surface area contributed by atoms with Crippen LogP contribution in [0.25, 0.3) is 0 Å². The molecule has 1 saturated carbocycles. The molecule has 0 spiro atoms. The maximum absolute atomic E-state index is 14.1. The van der Waals surface area contributed by atoms with Gasteiger partial charge in [0.25, 0.3) is 5.91 Å². The number of rotatable bonds is 5. The zero-order valence-electron chi connectivity index (χ0n) is 13.2. The van der Waals surface area contributed by atoms with E-state index in [4.69, 9.17) is 4.74 Å². The second-order valence-electron chi connectivity index (χ2n) is 6.16. The van der Waals surface area contributed by atoms with E-state index in [0.29, 0.717) is 37.1 Å². The van der Waals surface area contributed by atoms with Crippen molar-refractivity contribution >= 4 is 17.5 Å². The summed E-state index contributed by atoms with van der Waals surface area (Å²) in [6.07, 6.45) is 2.95. The minimum absolute atomic E-state index is 0.0754. The van der Waals surface area contributed by atoms with Gasteiger partial charge in [0.15, 0.2) is 0 Å². The van der Waals surface area contributed by atoms with Crippen LogP contribution in [0.4, 0.5) is 10.1 Å². The molecule has 124 valence electrons. The molecule has 0 saturated heterocycles. The zero-order valence-corrected chi connectivity index (χ0v) is 13.2. The highest BCUT2D eigenvalue weighted by atomic mass is 19.1. The highest BCUT2D eigenvalue weighted by Crippen LogP contribution is 2.33. The molecule has 23 heavy (non-hydrogen) atoms. The van der Waals surface area contributed by atoms with E-state index in [9.17, 15) is 14.0 Å². The molecule has 3 rings (SSSR count). The molecule has 2 N–H and O–H groups in total. The Kier molecular flexibility index (Phi) is 4.61. The van der Waals surface area contributed by atoms with Crippen LogP contribution in [0.3, 0.4) is 0 Å². The highest BCUT2D eigenvalue weighted by molar-refractivity contribution is 5.99. The monoisotopic (exact) mass is 320 g/mol. The number of hydrogen-bond donors (Lipinski definition) is 2. The quantitative estimate of drug-likeness (QED) is 0.874. The Balaban J connectivity index is 1.61. The number of hydrogen-bond acceptors (Lipinski definition) is 3. The minimum Gasteiger partial charge on any atom is -0.378 e. The average molecular weight is 320 g/mol. The van der Waals surface area contributed by atoms with Gasteiger partial charge in [-0.1, -0.05) is 0 Å². The second kappa shape index (κ2) is 6.66. The van der Waals surface area contributed by atoms with Crippen LogP contribution in [0.2, 0.25) is 0 Å². The lowest BCUT2D eigenvalue weighted by molar-refractivity contribution is -0.119. The minimum atomic E-state index is -0.493. The molecule has 0 bridgehead atoms. The molecular formula is C17H21FN2O3. The largest absolute Gasteiger partial charge is 0.378 e. The van der Waals surface area contributed by atoms with E-state index < -0.39 is 5.82 Å². The van der Waals surface area contributed by atoms with Crippen molar-refractivity contribution in [1.82, 2.24) is 5.32 Å². The first-order valence-corrected chi connectivity index (χ1v) is 8.09. The van der Waals surface area contributed by atoms with Gasteiger partial charge < -0.3 is 15.4 Å². The maximum Gasteiger partial charge on any atom is 0.251 e. The van der Waals surface area contributed by atoms with Crippen LogP contribution < -0.4 is 10.6 Å². The van der Waals surface area contributed by atoms with Gasteiger partial charge in [-0.3, -0.25) is 9.59 Å². The number of amides is 2. The van der Waals surface area contributed by atoms with E-state index in [2.05, 4.69) is 10.6 Å². The van der Waals surface area contributed by atoms with Crippen LogP contribution >= 0.6 is 0 Å². The third kappa shape index (κ3) is 3.52. The van der Waals surface area contributed by atoms with Gasteiger partial charge in [0.2, 0.25) is 5.91 Å².